The fourth-order valence-corrected chi connectivity index (χ4v) is 2.02. The average Bonchev–Trinajstić information content (AvgIpc) is 2.92. The van der Waals surface area contributed by atoms with E-state index in [1.54, 1.807) is 11.9 Å². The molecule has 0 fully saturated rings. The lowest BCUT2D eigenvalue weighted by Crippen LogP contribution is -2.22. The van der Waals surface area contributed by atoms with Gasteiger partial charge < -0.3 is 9.84 Å². The first kappa shape index (κ1) is 15.4. The number of nitrogens with zero attached hydrogens (tertiary/aromatic N) is 2. The molecule has 21 heavy (non-hydrogen) atoms. The molecule has 0 saturated carbocycles. The minimum Gasteiger partial charge on any atom is -0.352 e. The zero-order valence-corrected chi connectivity index (χ0v) is 13.3. The zero-order chi connectivity index (χ0) is 15.1. The Kier molecular flexibility index (Phi) is 5.68. The molecule has 2 aromatic rings. The SMILES string of the molecule is Cc1nc(-c2ccc(CNC(=O)CC/C=C/Br)cc2)no1. The fraction of sp³-hybridized carbons (Fsp3) is 0.267. The second-order valence-electron chi connectivity index (χ2n) is 4.51. The van der Waals surface area contributed by atoms with Crippen LogP contribution < -0.4 is 5.32 Å². The van der Waals surface area contributed by atoms with Crippen molar-refractivity contribution in [2.45, 2.75) is 26.3 Å². The Morgan fingerprint density at radius 2 is 2.14 bits per heavy atom. The molecule has 6 heteroatoms. The van der Waals surface area contributed by atoms with Crippen molar-refractivity contribution in [3.05, 3.63) is 46.8 Å². The molecule has 5 nitrogen and oxygen atoms in total. The Morgan fingerprint density at radius 1 is 1.38 bits per heavy atom. The van der Waals surface area contributed by atoms with E-state index in [4.69, 9.17) is 4.52 Å². The number of aromatic nitrogens is 2. The number of hydrogen-bond donors (Lipinski definition) is 1. The van der Waals surface area contributed by atoms with Gasteiger partial charge in [-0.3, -0.25) is 4.79 Å². The van der Waals surface area contributed by atoms with Crippen LogP contribution in [0, 0.1) is 6.92 Å². The number of rotatable bonds is 6. The summed E-state index contributed by atoms with van der Waals surface area (Å²) in [6.45, 7) is 2.27. The molecule has 1 aromatic carbocycles. The van der Waals surface area contributed by atoms with Gasteiger partial charge in [0, 0.05) is 25.5 Å². The van der Waals surface area contributed by atoms with Crippen LogP contribution in [0.3, 0.4) is 0 Å². The number of hydrogen-bond acceptors (Lipinski definition) is 4. The summed E-state index contributed by atoms with van der Waals surface area (Å²) >= 11 is 3.17. The maximum atomic E-state index is 11.6. The van der Waals surface area contributed by atoms with Crippen LogP contribution in [-0.4, -0.2) is 16.0 Å². The fourth-order valence-electron chi connectivity index (χ4n) is 1.75. The highest BCUT2D eigenvalue weighted by Crippen LogP contribution is 2.16. The van der Waals surface area contributed by atoms with Crippen molar-refractivity contribution < 1.29 is 9.32 Å². The number of allylic oxidation sites excluding steroid dienone is 1. The van der Waals surface area contributed by atoms with Crippen LogP contribution in [0.2, 0.25) is 0 Å². The quantitative estimate of drug-likeness (QED) is 0.868. The Hall–Kier alpha value is -1.95. The van der Waals surface area contributed by atoms with Crippen molar-refractivity contribution in [2.24, 2.45) is 0 Å². The van der Waals surface area contributed by atoms with E-state index in [9.17, 15) is 4.79 Å². The third kappa shape index (κ3) is 4.82. The molecule has 0 spiro atoms. The Morgan fingerprint density at radius 3 is 2.76 bits per heavy atom. The number of halogens is 1. The predicted molar refractivity (Wildman–Crippen MR) is 83.6 cm³/mol. The monoisotopic (exact) mass is 349 g/mol. The molecule has 0 atom stereocenters. The summed E-state index contributed by atoms with van der Waals surface area (Å²) in [6, 6.07) is 7.72. The van der Waals surface area contributed by atoms with Crippen LogP contribution in [0.25, 0.3) is 11.4 Å². The lowest BCUT2D eigenvalue weighted by Gasteiger charge is -2.05. The molecular weight excluding hydrogens is 334 g/mol. The van der Waals surface area contributed by atoms with Crippen LogP contribution in [0.5, 0.6) is 0 Å². The number of carbonyl (C=O) groups is 1. The number of aryl methyl sites for hydroxylation is 1. The van der Waals surface area contributed by atoms with Gasteiger partial charge >= 0.3 is 0 Å². The minimum absolute atomic E-state index is 0.0402. The summed E-state index contributed by atoms with van der Waals surface area (Å²) < 4.78 is 4.95. The van der Waals surface area contributed by atoms with Crippen molar-refractivity contribution in [2.75, 3.05) is 0 Å². The molecule has 1 amide bonds. The molecule has 1 N–H and O–H groups in total. The number of benzene rings is 1. The topological polar surface area (TPSA) is 68.0 Å². The van der Waals surface area contributed by atoms with Crippen LogP contribution in [-0.2, 0) is 11.3 Å². The van der Waals surface area contributed by atoms with E-state index >= 15 is 0 Å². The van der Waals surface area contributed by atoms with Crippen molar-refractivity contribution in [3.63, 3.8) is 0 Å². The molecule has 0 aliphatic heterocycles. The zero-order valence-electron chi connectivity index (χ0n) is 11.7. The molecule has 0 radical (unpaired) electrons. The molecule has 0 aliphatic rings. The van der Waals surface area contributed by atoms with Gasteiger partial charge in [-0.05, 0) is 17.0 Å². The van der Waals surface area contributed by atoms with E-state index in [2.05, 4.69) is 31.4 Å². The normalized spacial score (nSPS) is 11.0. The molecule has 2 rings (SSSR count). The van der Waals surface area contributed by atoms with Crippen molar-refractivity contribution in [1.29, 1.82) is 0 Å². The van der Waals surface area contributed by atoms with Gasteiger partial charge in [0.1, 0.15) is 0 Å². The lowest BCUT2D eigenvalue weighted by molar-refractivity contribution is -0.121. The van der Waals surface area contributed by atoms with Crippen molar-refractivity contribution in [1.82, 2.24) is 15.5 Å². The third-order valence-electron chi connectivity index (χ3n) is 2.86. The van der Waals surface area contributed by atoms with Crippen LogP contribution in [0.15, 0.2) is 39.8 Å². The predicted octanol–water partition coefficient (Wildman–Crippen LogP) is 3.35. The largest absolute Gasteiger partial charge is 0.352 e. The second kappa shape index (κ2) is 7.73. The molecule has 0 unspecified atom stereocenters. The van der Waals surface area contributed by atoms with Gasteiger partial charge in [0.15, 0.2) is 0 Å². The molecule has 0 bridgehead atoms. The average molecular weight is 350 g/mol. The number of amides is 1. The summed E-state index contributed by atoms with van der Waals surface area (Å²) in [5.41, 5.74) is 1.92. The van der Waals surface area contributed by atoms with Crippen LogP contribution >= 0.6 is 15.9 Å². The highest BCUT2D eigenvalue weighted by atomic mass is 79.9. The molecule has 0 aliphatic carbocycles. The Labute approximate surface area is 131 Å². The minimum atomic E-state index is 0.0402. The second-order valence-corrected chi connectivity index (χ2v) is 5.04. The standard InChI is InChI=1S/C15H16BrN3O2/c1-11-18-15(19-21-11)13-7-5-12(6-8-13)10-17-14(20)4-2-3-9-16/h3,5-9H,2,4,10H2,1H3,(H,17,20)/b9-3+. The first-order chi connectivity index (χ1) is 10.2. The maximum Gasteiger partial charge on any atom is 0.223 e. The lowest BCUT2D eigenvalue weighted by atomic mass is 10.1. The summed E-state index contributed by atoms with van der Waals surface area (Å²) in [7, 11) is 0. The first-order valence-electron chi connectivity index (χ1n) is 6.60. The van der Waals surface area contributed by atoms with Crippen molar-refractivity contribution in [3.8, 4) is 11.4 Å². The maximum absolute atomic E-state index is 11.6. The van der Waals surface area contributed by atoms with Crippen molar-refractivity contribution >= 4 is 21.8 Å². The van der Waals surface area contributed by atoms with Gasteiger partial charge in [0.2, 0.25) is 17.6 Å². The molecule has 1 aromatic heterocycles. The van der Waals surface area contributed by atoms with Crippen LogP contribution in [0.4, 0.5) is 0 Å². The van der Waals surface area contributed by atoms with Gasteiger partial charge in [0.25, 0.3) is 0 Å². The van der Waals surface area contributed by atoms with Gasteiger partial charge in [-0.1, -0.05) is 51.4 Å². The Balaban J connectivity index is 1.86. The van der Waals surface area contributed by atoms with E-state index in [0.717, 1.165) is 17.5 Å². The third-order valence-corrected chi connectivity index (χ3v) is 3.23. The molecule has 1 heterocycles. The smallest absolute Gasteiger partial charge is 0.223 e. The van der Waals surface area contributed by atoms with E-state index < -0.39 is 0 Å². The summed E-state index contributed by atoms with van der Waals surface area (Å²) in [5.74, 6) is 1.15. The number of nitrogens with one attached hydrogen (secondary N) is 1. The molecular formula is C15H16BrN3O2. The first-order valence-corrected chi connectivity index (χ1v) is 7.52. The van der Waals surface area contributed by atoms with E-state index in [1.165, 1.54) is 0 Å². The highest BCUT2D eigenvalue weighted by Gasteiger charge is 2.05. The van der Waals surface area contributed by atoms with E-state index in [-0.39, 0.29) is 5.91 Å². The Bertz CT molecular complexity index is 620. The summed E-state index contributed by atoms with van der Waals surface area (Å²) in [4.78, 5) is 17.5. The summed E-state index contributed by atoms with van der Waals surface area (Å²) in [6.07, 6.45) is 3.12. The number of carbonyl (C=O) groups excluding carboxylic acids is 1. The van der Waals surface area contributed by atoms with Gasteiger partial charge in [0.05, 0.1) is 0 Å². The summed E-state index contributed by atoms with van der Waals surface area (Å²) in [5, 5.41) is 6.75. The van der Waals surface area contributed by atoms with E-state index in [1.807, 2.05) is 30.3 Å². The van der Waals surface area contributed by atoms with Gasteiger partial charge in [-0.2, -0.15) is 4.98 Å². The van der Waals surface area contributed by atoms with Gasteiger partial charge in [-0.15, -0.1) is 0 Å². The highest BCUT2D eigenvalue weighted by molar-refractivity contribution is 9.11. The van der Waals surface area contributed by atoms with Crippen LogP contribution in [0.1, 0.15) is 24.3 Å². The van der Waals surface area contributed by atoms with Gasteiger partial charge in [-0.25, -0.2) is 0 Å². The van der Waals surface area contributed by atoms with E-state index in [0.29, 0.717) is 24.7 Å². The molecule has 0 saturated heterocycles. The molecule has 110 valence electrons.